The number of methoxy groups -OCH3 is 1. The highest BCUT2D eigenvalue weighted by atomic mass is 32.2. The van der Waals surface area contributed by atoms with Crippen molar-refractivity contribution in [2.45, 2.75) is 37.1 Å². The van der Waals surface area contributed by atoms with E-state index < -0.39 is 22.2 Å². The SMILES string of the molecule is COC(=O)C[C@H]1C[C@H]2c3cc(NS(C)(=O)=O)ccc3O[C@H]2[C@H](CO)O1. The molecule has 0 amide bonds. The minimum atomic E-state index is -3.39. The van der Waals surface area contributed by atoms with Crippen LogP contribution in [0.25, 0.3) is 0 Å². The van der Waals surface area contributed by atoms with Gasteiger partial charge in [-0.15, -0.1) is 0 Å². The Kier molecular flexibility index (Phi) is 4.90. The van der Waals surface area contributed by atoms with Crippen LogP contribution in [0.1, 0.15) is 24.3 Å². The third-order valence-electron chi connectivity index (χ3n) is 4.42. The molecular formula is C16H21NO7S. The summed E-state index contributed by atoms with van der Waals surface area (Å²) < 4.78 is 41.7. The minimum Gasteiger partial charge on any atom is -0.487 e. The number of carbonyl (C=O) groups excluding carboxylic acids is 1. The van der Waals surface area contributed by atoms with Gasteiger partial charge >= 0.3 is 5.97 Å². The minimum absolute atomic E-state index is 0.0901. The number of nitrogens with one attached hydrogen (secondary N) is 1. The molecule has 0 aromatic heterocycles. The topological polar surface area (TPSA) is 111 Å². The average molecular weight is 371 g/mol. The lowest BCUT2D eigenvalue weighted by molar-refractivity contribution is -0.156. The summed E-state index contributed by atoms with van der Waals surface area (Å²) in [6.07, 6.45) is 0.363. The van der Waals surface area contributed by atoms with E-state index in [1.54, 1.807) is 18.2 Å². The largest absolute Gasteiger partial charge is 0.487 e. The predicted octanol–water partition coefficient (Wildman–Crippen LogP) is 0.616. The van der Waals surface area contributed by atoms with Gasteiger partial charge in [0.05, 0.1) is 32.5 Å². The van der Waals surface area contributed by atoms with E-state index >= 15 is 0 Å². The Morgan fingerprint density at radius 1 is 1.44 bits per heavy atom. The van der Waals surface area contributed by atoms with Gasteiger partial charge in [-0.1, -0.05) is 0 Å². The molecule has 25 heavy (non-hydrogen) atoms. The Labute approximate surface area is 146 Å². The number of rotatable bonds is 5. The standard InChI is InChI=1S/C16H21NO7S/c1-22-15(19)7-10-6-12-11-5-9(17-25(2,20)21)3-4-13(11)24-16(12)14(8-18)23-10/h3-5,10,12,14,16-18H,6-8H2,1-2H3/t10-,12+,14+,16-/m1/s1. The molecule has 2 N–H and O–H groups in total. The summed E-state index contributed by atoms with van der Waals surface area (Å²) >= 11 is 0. The molecule has 0 spiro atoms. The van der Waals surface area contributed by atoms with Crippen molar-refractivity contribution >= 4 is 21.7 Å². The zero-order chi connectivity index (χ0) is 18.2. The van der Waals surface area contributed by atoms with Crippen molar-refractivity contribution in [2.75, 3.05) is 24.7 Å². The van der Waals surface area contributed by atoms with E-state index in [0.717, 1.165) is 11.8 Å². The van der Waals surface area contributed by atoms with Crippen molar-refractivity contribution in [3.8, 4) is 5.75 Å². The van der Waals surface area contributed by atoms with Crippen molar-refractivity contribution in [3.63, 3.8) is 0 Å². The quantitative estimate of drug-likeness (QED) is 0.730. The van der Waals surface area contributed by atoms with Gasteiger partial charge in [0.1, 0.15) is 18.0 Å². The number of fused-ring (bicyclic) bond motifs is 3. The molecule has 3 rings (SSSR count). The first kappa shape index (κ1) is 18.0. The molecule has 0 aliphatic carbocycles. The molecule has 2 heterocycles. The predicted molar refractivity (Wildman–Crippen MR) is 89.1 cm³/mol. The zero-order valence-corrected chi connectivity index (χ0v) is 14.8. The van der Waals surface area contributed by atoms with Crippen LogP contribution in [0.15, 0.2) is 18.2 Å². The molecule has 2 aliphatic heterocycles. The van der Waals surface area contributed by atoms with Crippen LogP contribution in [0.3, 0.4) is 0 Å². The summed E-state index contributed by atoms with van der Waals surface area (Å²) in [6, 6.07) is 5.05. The molecule has 138 valence electrons. The second-order valence-corrected chi connectivity index (χ2v) is 8.06. The highest BCUT2D eigenvalue weighted by Gasteiger charge is 2.46. The number of aliphatic hydroxyl groups is 1. The van der Waals surface area contributed by atoms with Gasteiger partial charge in [0, 0.05) is 17.2 Å². The second-order valence-electron chi connectivity index (χ2n) is 6.31. The summed E-state index contributed by atoms with van der Waals surface area (Å²) in [5.41, 5.74) is 1.29. The smallest absolute Gasteiger partial charge is 0.308 e. The molecule has 0 radical (unpaired) electrons. The number of carbonyl (C=O) groups is 1. The van der Waals surface area contributed by atoms with E-state index in [9.17, 15) is 18.3 Å². The maximum Gasteiger partial charge on any atom is 0.308 e. The lowest BCUT2D eigenvalue weighted by atomic mass is 9.84. The molecule has 2 aliphatic rings. The van der Waals surface area contributed by atoms with Crippen LogP contribution < -0.4 is 9.46 Å². The molecule has 1 aromatic rings. The Hall–Kier alpha value is -1.84. The van der Waals surface area contributed by atoms with E-state index in [-0.39, 0.29) is 31.0 Å². The first-order chi connectivity index (χ1) is 11.8. The third kappa shape index (κ3) is 3.88. The second kappa shape index (κ2) is 6.81. The van der Waals surface area contributed by atoms with Crippen molar-refractivity contribution < 1.29 is 32.5 Å². The average Bonchev–Trinajstić information content (AvgIpc) is 2.90. The van der Waals surface area contributed by atoms with Crippen LogP contribution in [-0.4, -0.2) is 57.8 Å². The number of anilines is 1. The number of hydrogen-bond acceptors (Lipinski definition) is 7. The number of sulfonamides is 1. The van der Waals surface area contributed by atoms with Gasteiger partial charge in [-0.25, -0.2) is 8.42 Å². The van der Waals surface area contributed by atoms with Crippen LogP contribution in [0.2, 0.25) is 0 Å². The molecule has 0 bridgehead atoms. The van der Waals surface area contributed by atoms with Gasteiger partial charge < -0.3 is 19.3 Å². The lowest BCUT2D eigenvalue weighted by Crippen LogP contribution is -2.46. The third-order valence-corrected chi connectivity index (χ3v) is 5.03. The monoisotopic (exact) mass is 371 g/mol. The zero-order valence-electron chi connectivity index (χ0n) is 14.0. The van der Waals surface area contributed by atoms with Crippen LogP contribution in [0.5, 0.6) is 5.75 Å². The Morgan fingerprint density at radius 2 is 2.20 bits per heavy atom. The van der Waals surface area contributed by atoms with Gasteiger partial charge in [-0.3, -0.25) is 9.52 Å². The molecule has 1 fully saturated rings. The van der Waals surface area contributed by atoms with E-state index in [2.05, 4.69) is 9.46 Å². The van der Waals surface area contributed by atoms with Crippen LogP contribution in [0.4, 0.5) is 5.69 Å². The fourth-order valence-electron chi connectivity index (χ4n) is 3.44. The van der Waals surface area contributed by atoms with Gasteiger partial charge in [-0.2, -0.15) is 0 Å². The maximum absolute atomic E-state index is 11.6. The van der Waals surface area contributed by atoms with E-state index in [0.29, 0.717) is 17.9 Å². The molecule has 0 saturated carbocycles. The summed E-state index contributed by atoms with van der Waals surface area (Å²) in [6.45, 7) is -0.235. The normalized spacial score (nSPS) is 27.8. The molecule has 1 aromatic carbocycles. The van der Waals surface area contributed by atoms with Gasteiger partial charge in [0.25, 0.3) is 0 Å². The van der Waals surface area contributed by atoms with Gasteiger partial charge in [0.15, 0.2) is 0 Å². The molecular weight excluding hydrogens is 350 g/mol. The maximum atomic E-state index is 11.6. The number of benzene rings is 1. The number of esters is 1. The summed E-state index contributed by atoms with van der Waals surface area (Å²) in [5.74, 6) is 0.151. The Bertz CT molecular complexity index is 764. The van der Waals surface area contributed by atoms with E-state index in [4.69, 9.17) is 9.47 Å². The Balaban J connectivity index is 1.86. The first-order valence-corrected chi connectivity index (χ1v) is 9.81. The summed E-state index contributed by atoms with van der Waals surface area (Å²) in [4.78, 5) is 11.6. The fourth-order valence-corrected chi connectivity index (χ4v) is 3.99. The van der Waals surface area contributed by atoms with Gasteiger partial charge in [0.2, 0.25) is 10.0 Å². The van der Waals surface area contributed by atoms with Gasteiger partial charge in [-0.05, 0) is 24.6 Å². The molecule has 4 atom stereocenters. The van der Waals surface area contributed by atoms with Crippen molar-refractivity contribution in [1.29, 1.82) is 0 Å². The van der Waals surface area contributed by atoms with Crippen LogP contribution >= 0.6 is 0 Å². The number of ether oxygens (including phenoxy) is 3. The van der Waals surface area contributed by atoms with Crippen molar-refractivity contribution in [2.24, 2.45) is 0 Å². The fraction of sp³-hybridized carbons (Fsp3) is 0.562. The van der Waals surface area contributed by atoms with E-state index in [1.165, 1.54) is 7.11 Å². The Morgan fingerprint density at radius 3 is 2.84 bits per heavy atom. The van der Waals surface area contributed by atoms with E-state index in [1.807, 2.05) is 0 Å². The molecule has 9 heteroatoms. The van der Waals surface area contributed by atoms with Crippen molar-refractivity contribution in [1.82, 2.24) is 0 Å². The number of hydrogen-bond donors (Lipinski definition) is 2. The molecule has 1 saturated heterocycles. The van der Waals surface area contributed by atoms with Crippen LogP contribution in [0, 0.1) is 0 Å². The molecule has 8 nitrogen and oxygen atoms in total. The number of aliphatic hydroxyl groups excluding tert-OH is 1. The highest BCUT2D eigenvalue weighted by molar-refractivity contribution is 7.92. The first-order valence-electron chi connectivity index (χ1n) is 7.92. The molecule has 0 unspecified atom stereocenters. The van der Waals surface area contributed by atoms with Crippen molar-refractivity contribution in [3.05, 3.63) is 23.8 Å². The summed E-state index contributed by atoms with van der Waals surface area (Å²) in [7, 11) is -2.07. The van der Waals surface area contributed by atoms with Crippen LogP contribution in [-0.2, 0) is 24.3 Å². The lowest BCUT2D eigenvalue weighted by Gasteiger charge is -2.36. The summed E-state index contributed by atoms with van der Waals surface area (Å²) in [5, 5.41) is 9.62. The highest BCUT2D eigenvalue weighted by Crippen LogP contribution is 2.47.